The van der Waals surface area contributed by atoms with E-state index >= 15 is 0 Å². The quantitative estimate of drug-likeness (QED) is 0.544. The van der Waals surface area contributed by atoms with Gasteiger partial charge in [0.25, 0.3) is 0 Å². The molecule has 0 aliphatic carbocycles. The van der Waals surface area contributed by atoms with Crippen molar-refractivity contribution in [2.24, 2.45) is 11.1 Å². The molecule has 0 aliphatic heterocycles. The number of rotatable bonds is 9. The van der Waals surface area contributed by atoms with Crippen molar-refractivity contribution in [2.75, 3.05) is 25.4 Å². The van der Waals surface area contributed by atoms with Crippen molar-refractivity contribution in [1.82, 2.24) is 10.0 Å². The van der Waals surface area contributed by atoms with E-state index in [2.05, 4.69) is 10.0 Å². The van der Waals surface area contributed by atoms with E-state index in [0.717, 1.165) is 0 Å². The lowest BCUT2D eigenvalue weighted by molar-refractivity contribution is -0.130. The topological polar surface area (TPSA) is 101 Å². The normalized spacial score (nSPS) is 12.4. The molecule has 0 aromatic carbocycles. The molecule has 0 saturated carbocycles. The van der Waals surface area contributed by atoms with Crippen molar-refractivity contribution in [3.63, 3.8) is 0 Å². The van der Waals surface area contributed by atoms with E-state index in [9.17, 15) is 13.2 Å². The number of nitrogens with two attached hydrogens (primary N) is 1. The third-order valence-electron chi connectivity index (χ3n) is 3.25. The predicted octanol–water partition coefficient (Wildman–Crippen LogP) is -0.193. The molecule has 0 rings (SSSR count). The van der Waals surface area contributed by atoms with E-state index in [1.165, 1.54) is 0 Å². The standard InChI is InChI=1S/C11H25N3O3S/c1-4-11(5-2,9-12)10(15)13-7-8-18(16,17)14-6-3/h14H,4-9,12H2,1-3H3,(H,13,15). The molecule has 0 aliphatic rings. The van der Waals surface area contributed by atoms with E-state index in [0.29, 0.717) is 19.4 Å². The van der Waals surface area contributed by atoms with Gasteiger partial charge in [-0.3, -0.25) is 4.79 Å². The lowest BCUT2D eigenvalue weighted by Gasteiger charge is -2.28. The van der Waals surface area contributed by atoms with Crippen molar-refractivity contribution in [3.8, 4) is 0 Å². The third-order valence-corrected chi connectivity index (χ3v) is 4.72. The predicted molar refractivity (Wildman–Crippen MR) is 72.5 cm³/mol. The van der Waals surface area contributed by atoms with Crippen LogP contribution in [0.25, 0.3) is 0 Å². The molecule has 0 radical (unpaired) electrons. The molecular weight excluding hydrogens is 254 g/mol. The van der Waals surface area contributed by atoms with Gasteiger partial charge in [-0.15, -0.1) is 0 Å². The minimum Gasteiger partial charge on any atom is -0.355 e. The summed E-state index contributed by atoms with van der Waals surface area (Å²) < 4.78 is 25.1. The van der Waals surface area contributed by atoms with Crippen LogP contribution in [0.5, 0.6) is 0 Å². The number of hydrogen-bond donors (Lipinski definition) is 3. The molecule has 6 nitrogen and oxygen atoms in total. The Labute approximate surface area is 110 Å². The number of hydrogen-bond acceptors (Lipinski definition) is 4. The van der Waals surface area contributed by atoms with Crippen LogP contribution >= 0.6 is 0 Å². The minimum absolute atomic E-state index is 0.107. The first-order valence-corrected chi connectivity index (χ1v) is 7.98. The zero-order chi connectivity index (χ0) is 14.2. The van der Waals surface area contributed by atoms with Gasteiger partial charge in [0.05, 0.1) is 11.2 Å². The fourth-order valence-electron chi connectivity index (χ4n) is 1.73. The summed E-state index contributed by atoms with van der Waals surface area (Å²) in [6.45, 7) is 6.26. The molecule has 0 aromatic rings. The second-order valence-corrected chi connectivity index (χ2v) is 6.19. The smallest absolute Gasteiger partial charge is 0.227 e. The lowest BCUT2D eigenvalue weighted by Crippen LogP contribution is -2.46. The van der Waals surface area contributed by atoms with Gasteiger partial charge < -0.3 is 11.1 Å². The van der Waals surface area contributed by atoms with Crippen LogP contribution in [-0.2, 0) is 14.8 Å². The van der Waals surface area contributed by atoms with E-state index in [1.807, 2.05) is 13.8 Å². The van der Waals surface area contributed by atoms with Crippen molar-refractivity contribution in [3.05, 3.63) is 0 Å². The monoisotopic (exact) mass is 279 g/mol. The molecule has 4 N–H and O–H groups in total. The zero-order valence-corrected chi connectivity index (χ0v) is 12.3. The van der Waals surface area contributed by atoms with Crippen LogP contribution in [0.2, 0.25) is 0 Å². The Hall–Kier alpha value is -0.660. The summed E-state index contributed by atoms with van der Waals surface area (Å²) in [5.41, 5.74) is 5.06. The maximum absolute atomic E-state index is 12.0. The molecule has 0 bridgehead atoms. The van der Waals surface area contributed by atoms with Crippen LogP contribution in [0.15, 0.2) is 0 Å². The molecule has 0 fully saturated rings. The first kappa shape index (κ1) is 17.3. The molecule has 7 heteroatoms. The van der Waals surface area contributed by atoms with Crippen LogP contribution in [0.4, 0.5) is 0 Å². The van der Waals surface area contributed by atoms with Crippen molar-refractivity contribution < 1.29 is 13.2 Å². The first-order valence-electron chi connectivity index (χ1n) is 6.33. The molecule has 0 heterocycles. The number of carbonyl (C=O) groups excluding carboxylic acids is 1. The van der Waals surface area contributed by atoms with Gasteiger partial charge in [-0.2, -0.15) is 0 Å². The van der Waals surface area contributed by atoms with E-state index in [1.54, 1.807) is 6.92 Å². The first-order chi connectivity index (χ1) is 8.37. The summed E-state index contributed by atoms with van der Waals surface area (Å²) in [4.78, 5) is 12.0. The molecule has 0 aromatic heterocycles. The third kappa shape index (κ3) is 4.91. The minimum atomic E-state index is -3.29. The lowest BCUT2D eigenvalue weighted by atomic mass is 9.81. The van der Waals surface area contributed by atoms with E-state index in [4.69, 9.17) is 5.73 Å². The fraction of sp³-hybridized carbons (Fsp3) is 0.909. The molecule has 1 amide bonds. The number of nitrogens with one attached hydrogen (secondary N) is 2. The average Bonchev–Trinajstić information content (AvgIpc) is 2.31. The van der Waals surface area contributed by atoms with Gasteiger partial charge in [0.2, 0.25) is 15.9 Å². The second-order valence-electron chi connectivity index (χ2n) is 4.26. The van der Waals surface area contributed by atoms with Gasteiger partial charge in [0.15, 0.2) is 0 Å². The Morgan fingerprint density at radius 3 is 2.17 bits per heavy atom. The highest BCUT2D eigenvalue weighted by atomic mass is 32.2. The highest BCUT2D eigenvalue weighted by Gasteiger charge is 2.33. The molecule has 0 saturated heterocycles. The molecule has 0 atom stereocenters. The molecule has 0 spiro atoms. The zero-order valence-electron chi connectivity index (χ0n) is 11.5. The van der Waals surface area contributed by atoms with Crippen molar-refractivity contribution in [2.45, 2.75) is 33.6 Å². The summed E-state index contributed by atoms with van der Waals surface area (Å²) in [7, 11) is -3.29. The van der Waals surface area contributed by atoms with Gasteiger partial charge in [0, 0.05) is 19.6 Å². The maximum atomic E-state index is 12.0. The van der Waals surface area contributed by atoms with E-state index < -0.39 is 15.4 Å². The van der Waals surface area contributed by atoms with E-state index in [-0.39, 0.29) is 24.7 Å². The van der Waals surface area contributed by atoms with Crippen LogP contribution in [0.1, 0.15) is 33.6 Å². The van der Waals surface area contributed by atoms with Crippen LogP contribution in [-0.4, -0.2) is 39.7 Å². The molecule has 0 unspecified atom stereocenters. The highest BCUT2D eigenvalue weighted by Crippen LogP contribution is 2.24. The summed E-state index contributed by atoms with van der Waals surface area (Å²) in [6.07, 6.45) is 1.29. The Morgan fingerprint density at radius 1 is 1.22 bits per heavy atom. The van der Waals surface area contributed by atoms with Gasteiger partial charge >= 0.3 is 0 Å². The van der Waals surface area contributed by atoms with Crippen LogP contribution in [0, 0.1) is 5.41 Å². The van der Waals surface area contributed by atoms with Gasteiger partial charge in [0.1, 0.15) is 0 Å². The summed E-state index contributed by atoms with van der Waals surface area (Å²) in [6, 6.07) is 0. The molecular formula is C11H25N3O3S. The Balaban J connectivity index is 4.34. The molecule has 108 valence electrons. The summed E-state index contributed by atoms with van der Waals surface area (Å²) >= 11 is 0. The van der Waals surface area contributed by atoms with Gasteiger partial charge in [-0.25, -0.2) is 13.1 Å². The van der Waals surface area contributed by atoms with Crippen LogP contribution < -0.4 is 15.8 Å². The molecule has 18 heavy (non-hydrogen) atoms. The van der Waals surface area contributed by atoms with Crippen LogP contribution in [0.3, 0.4) is 0 Å². The fourth-order valence-corrected chi connectivity index (χ4v) is 2.69. The van der Waals surface area contributed by atoms with Gasteiger partial charge in [-0.05, 0) is 12.8 Å². The Morgan fingerprint density at radius 2 is 1.78 bits per heavy atom. The number of amides is 1. The highest BCUT2D eigenvalue weighted by molar-refractivity contribution is 7.89. The summed E-state index contributed by atoms with van der Waals surface area (Å²) in [5.74, 6) is -0.276. The SMILES string of the molecule is CCNS(=O)(=O)CCNC(=O)C(CC)(CC)CN. The number of sulfonamides is 1. The number of carbonyl (C=O) groups is 1. The van der Waals surface area contributed by atoms with Gasteiger partial charge in [-0.1, -0.05) is 20.8 Å². The Kier molecular flexibility index (Phi) is 7.42. The maximum Gasteiger partial charge on any atom is 0.227 e. The Bertz CT molecular complexity index is 342. The van der Waals surface area contributed by atoms with Crippen molar-refractivity contribution >= 4 is 15.9 Å². The average molecular weight is 279 g/mol. The second kappa shape index (κ2) is 7.70. The van der Waals surface area contributed by atoms with Crippen molar-refractivity contribution in [1.29, 1.82) is 0 Å². The summed E-state index contributed by atoms with van der Waals surface area (Å²) in [5, 5.41) is 2.65. The largest absolute Gasteiger partial charge is 0.355 e.